The lowest BCUT2D eigenvalue weighted by Crippen LogP contribution is -2.61. The zero-order valence-corrected chi connectivity index (χ0v) is 25.4. The van der Waals surface area contributed by atoms with E-state index in [4.69, 9.17) is 44.5 Å². The van der Waals surface area contributed by atoms with E-state index in [0.717, 1.165) is 0 Å². The summed E-state index contributed by atoms with van der Waals surface area (Å²) < 4.78 is 20.9. The molecule has 0 radical (unpaired) electrons. The number of rotatable bonds is 16. The van der Waals surface area contributed by atoms with Crippen LogP contribution in [0.15, 0.2) is 0 Å². The summed E-state index contributed by atoms with van der Waals surface area (Å²) in [5.41, 5.74) is 0. The lowest BCUT2D eigenvalue weighted by Gasteiger charge is -2.42. The Balaban J connectivity index is 0.000000460. The second kappa shape index (κ2) is 20.7. The molecule has 0 bridgehead atoms. The van der Waals surface area contributed by atoms with Gasteiger partial charge in [0.05, 0.1) is 51.3 Å². The molecule has 16 N–H and O–H groups in total. The topological polar surface area (TPSA) is 361 Å². The van der Waals surface area contributed by atoms with Crippen molar-refractivity contribution in [1.29, 1.82) is 0 Å². The minimum absolute atomic E-state index is 0.122. The molecule has 4 unspecified atom stereocenters. The van der Waals surface area contributed by atoms with Gasteiger partial charge in [-0.1, -0.05) is 13.8 Å². The molecule has 0 spiro atoms. The van der Waals surface area contributed by atoms with Crippen molar-refractivity contribution in [3.8, 4) is 0 Å². The second-order valence-corrected chi connectivity index (χ2v) is 11.2. The summed E-state index contributed by atoms with van der Waals surface area (Å²) in [5.74, 6) is -0.852. The third-order valence-electron chi connectivity index (χ3n) is 7.87. The van der Waals surface area contributed by atoms with Crippen molar-refractivity contribution in [2.75, 3.05) is 33.0 Å². The second-order valence-electron chi connectivity index (χ2n) is 11.2. The number of hydrogen-bond donors (Lipinski definition) is 16. The molecular formula is C26H52O20. The molecule has 18 atom stereocenters. The molecule has 0 aromatic heterocycles. The van der Waals surface area contributed by atoms with Crippen molar-refractivity contribution < 1.29 is 101 Å². The van der Waals surface area contributed by atoms with Gasteiger partial charge in [0.25, 0.3) is 0 Å². The van der Waals surface area contributed by atoms with Crippen LogP contribution in [0.3, 0.4) is 0 Å². The van der Waals surface area contributed by atoms with Gasteiger partial charge in [-0.05, 0) is 6.42 Å². The van der Waals surface area contributed by atoms with Gasteiger partial charge < -0.3 is 101 Å². The van der Waals surface area contributed by atoms with Crippen molar-refractivity contribution in [1.82, 2.24) is 0 Å². The zero-order valence-electron chi connectivity index (χ0n) is 25.4. The molecule has 0 aliphatic carbocycles. The predicted molar refractivity (Wildman–Crippen MR) is 148 cm³/mol. The summed E-state index contributed by atoms with van der Waals surface area (Å²) in [5, 5.41) is 153. The highest BCUT2D eigenvalue weighted by molar-refractivity contribution is 4.92. The quantitative estimate of drug-likeness (QED) is 0.0717. The molecular weight excluding hydrogens is 632 g/mol. The van der Waals surface area contributed by atoms with Gasteiger partial charge in [-0.2, -0.15) is 0 Å². The molecule has 0 aromatic rings. The smallest absolute Gasteiger partial charge is 0.187 e. The molecule has 2 fully saturated rings. The van der Waals surface area contributed by atoms with Crippen LogP contribution in [0.1, 0.15) is 20.3 Å². The van der Waals surface area contributed by atoms with Gasteiger partial charge in [-0.15, -0.1) is 0 Å². The largest absolute Gasteiger partial charge is 0.394 e. The van der Waals surface area contributed by atoms with Gasteiger partial charge in [0.15, 0.2) is 12.6 Å². The lowest BCUT2D eigenvalue weighted by atomic mass is 9.93. The van der Waals surface area contributed by atoms with Gasteiger partial charge in [0.1, 0.15) is 73.2 Å². The van der Waals surface area contributed by atoms with Crippen LogP contribution in [0.4, 0.5) is 0 Å². The molecule has 2 rings (SSSR count). The van der Waals surface area contributed by atoms with Gasteiger partial charge in [-0.3, -0.25) is 0 Å². The Bertz CT molecular complexity index is 745. The molecule has 2 saturated heterocycles. The Kier molecular flexibility index (Phi) is 19.4. The summed E-state index contributed by atoms with van der Waals surface area (Å²) in [6.45, 7) is -0.411. The van der Waals surface area contributed by atoms with Crippen LogP contribution in [-0.4, -0.2) is 219 Å². The molecule has 46 heavy (non-hydrogen) atoms. The van der Waals surface area contributed by atoms with E-state index in [1.807, 2.05) is 0 Å². The average molecular weight is 685 g/mol. The normalized spacial score (nSPS) is 37.2. The van der Waals surface area contributed by atoms with Gasteiger partial charge >= 0.3 is 0 Å². The van der Waals surface area contributed by atoms with E-state index < -0.39 is 143 Å². The summed E-state index contributed by atoms with van der Waals surface area (Å²) in [6, 6.07) is 0. The number of ether oxygens (including phenoxy) is 4. The first-order valence-corrected chi connectivity index (χ1v) is 14.7. The minimum Gasteiger partial charge on any atom is -0.394 e. The van der Waals surface area contributed by atoms with Crippen LogP contribution in [0.5, 0.6) is 0 Å². The van der Waals surface area contributed by atoms with Crippen molar-refractivity contribution in [2.45, 2.75) is 124 Å². The monoisotopic (exact) mass is 684 g/mol. The Labute approximate surface area is 264 Å². The first-order valence-electron chi connectivity index (χ1n) is 14.7. The van der Waals surface area contributed by atoms with Crippen molar-refractivity contribution >= 4 is 0 Å². The number of aliphatic hydroxyl groups excluding tert-OH is 16. The van der Waals surface area contributed by atoms with Crippen LogP contribution in [0, 0.1) is 5.92 Å². The molecule has 0 aromatic carbocycles. The van der Waals surface area contributed by atoms with Gasteiger partial charge in [0.2, 0.25) is 0 Å². The maximum atomic E-state index is 9.94. The van der Waals surface area contributed by atoms with Crippen molar-refractivity contribution in [3.63, 3.8) is 0 Å². The average Bonchev–Trinajstić information content (AvgIpc) is 3.07. The Morgan fingerprint density at radius 3 is 1.26 bits per heavy atom. The Hall–Kier alpha value is -0.800. The van der Waals surface area contributed by atoms with Crippen molar-refractivity contribution in [2.24, 2.45) is 5.92 Å². The molecule has 2 aliphatic heterocycles. The maximum absolute atomic E-state index is 9.94. The molecule has 20 nitrogen and oxygen atoms in total. The van der Waals surface area contributed by atoms with E-state index in [1.54, 1.807) is 6.92 Å². The van der Waals surface area contributed by atoms with E-state index >= 15 is 0 Å². The standard InChI is InChI=1S/2C13H26O10/c1-5(6(17)2-14)12(7(18)3-15)23-13-11(21)10(20)9(19)8(4-16)22-13;1-2-5(16)12(8(18)6(17)3-14)23-13-11(21)10(20)9(19)7(4-15)22-13/h2*5-21H,2-4H2,1H3/t5-,6+,7-,8?,9+,10?,11+,12+,13+;5-,6+,7?,8-,9-,10-,11?,12-,13-/m11/s1. The zero-order chi connectivity index (χ0) is 35.5. The number of aliphatic hydroxyl groups is 16. The fourth-order valence-corrected chi connectivity index (χ4v) is 4.68. The first kappa shape index (κ1) is 43.2. The lowest BCUT2D eigenvalue weighted by molar-refractivity contribution is -0.326. The Morgan fingerprint density at radius 2 is 0.913 bits per heavy atom. The van der Waals surface area contributed by atoms with E-state index in [0.29, 0.717) is 0 Å². The molecule has 0 amide bonds. The van der Waals surface area contributed by atoms with Crippen LogP contribution >= 0.6 is 0 Å². The molecule has 2 aliphatic rings. The first-order chi connectivity index (χ1) is 21.6. The summed E-state index contributed by atoms with van der Waals surface area (Å²) >= 11 is 0. The number of hydrogen-bond acceptors (Lipinski definition) is 20. The van der Waals surface area contributed by atoms with E-state index in [2.05, 4.69) is 0 Å². The van der Waals surface area contributed by atoms with Crippen LogP contribution in [0.25, 0.3) is 0 Å². The van der Waals surface area contributed by atoms with Gasteiger partial charge in [0, 0.05) is 5.92 Å². The molecule has 20 heteroatoms. The predicted octanol–water partition coefficient (Wildman–Crippen LogP) is -8.83. The third kappa shape index (κ3) is 11.1. The SMILES string of the molecule is CC[C@@H](O)[C@@H](O[C@H]1OC(CO)[C@@H](O)[C@@H](O)C1O)[C@H](O)[C@@H](O)CO.C[C@@H]([C@H](O[C@@H]1OC(CO)[C@H](O)C(O)[C@@H]1O)[C@H](O)CO)[C@@H](O)CO. The van der Waals surface area contributed by atoms with Crippen LogP contribution in [-0.2, 0) is 18.9 Å². The Morgan fingerprint density at radius 1 is 0.522 bits per heavy atom. The third-order valence-corrected chi connectivity index (χ3v) is 7.87. The highest BCUT2D eigenvalue weighted by atomic mass is 16.7. The van der Waals surface area contributed by atoms with E-state index in [9.17, 15) is 56.2 Å². The van der Waals surface area contributed by atoms with Crippen LogP contribution in [0.2, 0.25) is 0 Å². The van der Waals surface area contributed by atoms with E-state index in [1.165, 1.54) is 6.92 Å². The summed E-state index contributed by atoms with van der Waals surface area (Å²) in [7, 11) is 0. The highest BCUT2D eigenvalue weighted by Crippen LogP contribution is 2.27. The van der Waals surface area contributed by atoms with E-state index in [-0.39, 0.29) is 6.42 Å². The highest BCUT2D eigenvalue weighted by Gasteiger charge is 2.48. The molecule has 276 valence electrons. The molecule has 0 saturated carbocycles. The minimum atomic E-state index is -1.71. The van der Waals surface area contributed by atoms with Crippen molar-refractivity contribution in [3.05, 3.63) is 0 Å². The fourth-order valence-electron chi connectivity index (χ4n) is 4.68. The molecule has 2 heterocycles. The summed E-state index contributed by atoms with van der Waals surface area (Å²) in [4.78, 5) is 0. The summed E-state index contributed by atoms with van der Waals surface area (Å²) in [6.07, 6.45) is -25.2. The fraction of sp³-hybridized carbons (Fsp3) is 1.00. The van der Waals surface area contributed by atoms with Crippen LogP contribution < -0.4 is 0 Å². The van der Waals surface area contributed by atoms with Gasteiger partial charge in [-0.25, -0.2) is 0 Å². The maximum Gasteiger partial charge on any atom is 0.187 e.